The summed E-state index contributed by atoms with van der Waals surface area (Å²) in [6, 6.07) is 13.8. The van der Waals surface area contributed by atoms with E-state index in [0.29, 0.717) is 55.2 Å². The van der Waals surface area contributed by atoms with E-state index < -0.39 is 23.1 Å². The lowest BCUT2D eigenvalue weighted by Crippen LogP contribution is -2.52. The number of methoxy groups -OCH3 is 1. The van der Waals surface area contributed by atoms with E-state index in [2.05, 4.69) is 0 Å². The smallest absolute Gasteiger partial charge is 0.296 e. The predicted molar refractivity (Wildman–Crippen MR) is 136 cm³/mol. The van der Waals surface area contributed by atoms with Crippen LogP contribution in [-0.2, 0) is 24.7 Å². The van der Waals surface area contributed by atoms with Crippen LogP contribution in [0.3, 0.4) is 0 Å². The van der Waals surface area contributed by atoms with Crippen molar-refractivity contribution in [2.24, 2.45) is 0 Å². The van der Waals surface area contributed by atoms with Crippen LogP contribution >= 0.6 is 0 Å². The molecular formula is C28H32N2O6. The molecule has 0 radical (unpaired) electrons. The van der Waals surface area contributed by atoms with Gasteiger partial charge in [-0.3, -0.25) is 14.4 Å². The van der Waals surface area contributed by atoms with Crippen LogP contribution in [0.2, 0.25) is 0 Å². The summed E-state index contributed by atoms with van der Waals surface area (Å²) in [5, 5.41) is 11.5. The number of benzene rings is 2. The highest BCUT2D eigenvalue weighted by Gasteiger charge is 2.66. The Labute approximate surface area is 211 Å². The highest BCUT2D eigenvalue weighted by molar-refractivity contribution is 6.50. The highest BCUT2D eigenvalue weighted by atomic mass is 16.5. The normalized spacial score (nSPS) is 20.5. The SMILES string of the molecule is CCCOc1ccc(C(O)=C2C(=O)C(=O)N(CCCOC)C23C(=O)N(CCC)c2ccccc23)cc1. The second-order valence-electron chi connectivity index (χ2n) is 8.91. The van der Waals surface area contributed by atoms with Crippen molar-refractivity contribution in [3.8, 4) is 5.75 Å². The summed E-state index contributed by atoms with van der Waals surface area (Å²) in [6.45, 7) is 5.41. The molecule has 8 heteroatoms. The second-order valence-corrected chi connectivity index (χ2v) is 8.91. The summed E-state index contributed by atoms with van der Waals surface area (Å²) in [5.74, 6) is -1.85. The van der Waals surface area contributed by atoms with E-state index in [1.807, 2.05) is 26.0 Å². The van der Waals surface area contributed by atoms with Crippen LogP contribution < -0.4 is 9.64 Å². The monoisotopic (exact) mass is 492 g/mol. The van der Waals surface area contributed by atoms with Crippen molar-refractivity contribution in [1.82, 2.24) is 4.90 Å². The fourth-order valence-corrected chi connectivity index (χ4v) is 5.05. The Kier molecular flexibility index (Phi) is 7.45. The van der Waals surface area contributed by atoms with Gasteiger partial charge in [-0.25, -0.2) is 0 Å². The van der Waals surface area contributed by atoms with Crippen LogP contribution in [0, 0.1) is 0 Å². The molecule has 0 bridgehead atoms. The van der Waals surface area contributed by atoms with Crippen molar-refractivity contribution in [3.05, 3.63) is 65.2 Å². The Morgan fingerprint density at radius 1 is 0.944 bits per heavy atom. The molecule has 2 amide bonds. The second kappa shape index (κ2) is 10.5. The largest absolute Gasteiger partial charge is 0.507 e. The van der Waals surface area contributed by atoms with E-state index in [-0.39, 0.29) is 17.9 Å². The average molecular weight is 493 g/mol. The molecule has 1 fully saturated rings. The summed E-state index contributed by atoms with van der Waals surface area (Å²) >= 11 is 0. The zero-order chi connectivity index (χ0) is 25.9. The summed E-state index contributed by atoms with van der Waals surface area (Å²) in [4.78, 5) is 44.1. The van der Waals surface area contributed by atoms with Crippen LogP contribution in [0.5, 0.6) is 5.75 Å². The number of carbonyl (C=O) groups is 3. The fourth-order valence-electron chi connectivity index (χ4n) is 5.05. The molecule has 2 aliphatic rings. The van der Waals surface area contributed by atoms with Gasteiger partial charge in [0, 0.05) is 37.9 Å². The number of fused-ring (bicyclic) bond motifs is 2. The Bertz CT molecular complexity index is 1190. The van der Waals surface area contributed by atoms with Gasteiger partial charge < -0.3 is 24.4 Å². The number of hydrogen-bond donors (Lipinski definition) is 1. The molecule has 2 aromatic carbocycles. The lowest BCUT2D eigenvalue weighted by Gasteiger charge is -2.34. The van der Waals surface area contributed by atoms with Crippen molar-refractivity contribution >= 4 is 29.0 Å². The minimum absolute atomic E-state index is 0.124. The molecule has 1 spiro atoms. The number of amides is 2. The van der Waals surface area contributed by atoms with Gasteiger partial charge in [0.1, 0.15) is 11.5 Å². The van der Waals surface area contributed by atoms with Gasteiger partial charge in [-0.15, -0.1) is 0 Å². The first-order valence-corrected chi connectivity index (χ1v) is 12.4. The number of para-hydroxylation sites is 1. The minimum Gasteiger partial charge on any atom is -0.507 e. The van der Waals surface area contributed by atoms with Crippen LogP contribution in [-0.4, -0.2) is 61.0 Å². The van der Waals surface area contributed by atoms with Gasteiger partial charge in [0.25, 0.3) is 17.6 Å². The molecule has 1 atom stereocenters. The Hall–Kier alpha value is -3.65. The van der Waals surface area contributed by atoms with Crippen molar-refractivity contribution in [2.45, 2.75) is 38.6 Å². The van der Waals surface area contributed by atoms with E-state index in [4.69, 9.17) is 9.47 Å². The third-order valence-corrected chi connectivity index (χ3v) is 6.59. The number of rotatable bonds is 10. The van der Waals surface area contributed by atoms with Crippen LogP contribution in [0.4, 0.5) is 5.69 Å². The van der Waals surface area contributed by atoms with Gasteiger partial charge in [-0.1, -0.05) is 32.0 Å². The van der Waals surface area contributed by atoms with Crippen molar-refractivity contribution in [3.63, 3.8) is 0 Å². The number of aliphatic hydroxyl groups is 1. The summed E-state index contributed by atoms with van der Waals surface area (Å²) in [6.07, 6.45) is 1.97. The first kappa shape index (κ1) is 25.4. The maximum atomic E-state index is 14.2. The number of Topliss-reactive ketones (excluding diaryl/α,β-unsaturated/α-hetero) is 1. The van der Waals surface area contributed by atoms with Crippen molar-refractivity contribution in [1.29, 1.82) is 0 Å². The topological polar surface area (TPSA) is 96.4 Å². The van der Waals surface area contributed by atoms with E-state index >= 15 is 0 Å². The standard InChI is InChI=1S/C28H32N2O6/c1-4-15-29-22-10-7-6-9-21(22)28(27(29)34)23(25(32)26(33)30(28)16-8-18-35-3)24(31)19-11-13-20(14-12-19)36-17-5-2/h6-7,9-14,31H,4-5,8,15-18H2,1-3H3. The summed E-state index contributed by atoms with van der Waals surface area (Å²) in [7, 11) is 1.55. The minimum atomic E-state index is -1.74. The van der Waals surface area contributed by atoms with E-state index in [1.165, 1.54) is 4.90 Å². The van der Waals surface area contributed by atoms with Crippen LogP contribution in [0.1, 0.15) is 44.2 Å². The van der Waals surface area contributed by atoms with Crippen molar-refractivity contribution < 1.29 is 29.0 Å². The van der Waals surface area contributed by atoms with Crippen molar-refractivity contribution in [2.75, 3.05) is 38.3 Å². The molecular weight excluding hydrogens is 460 g/mol. The number of likely N-dealkylation sites (tertiary alicyclic amines) is 1. The third-order valence-electron chi connectivity index (χ3n) is 6.59. The number of carbonyl (C=O) groups excluding carboxylic acids is 3. The Morgan fingerprint density at radius 3 is 2.33 bits per heavy atom. The number of nitrogens with zero attached hydrogens (tertiary/aromatic N) is 2. The molecule has 190 valence electrons. The van der Waals surface area contributed by atoms with Gasteiger partial charge in [0.15, 0.2) is 5.54 Å². The molecule has 0 saturated carbocycles. The van der Waals surface area contributed by atoms with E-state index in [0.717, 1.165) is 6.42 Å². The first-order valence-electron chi connectivity index (χ1n) is 12.4. The molecule has 2 heterocycles. The van der Waals surface area contributed by atoms with Gasteiger partial charge in [0.05, 0.1) is 17.9 Å². The van der Waals surface area contributed by atoms with Gasteiger partial charge in [0.2, 0.25) is 0 Å². The lowest BCUT2D eigenvalue weighted by atomic mass is 9.82. The zero-order valence-corrected chi connectivity index (χ0v) is 21.0. The molecule has 36 heavy (non-hydrogen) atoms. The molecule has 8 nitrogen and oxygen atoms in total. The van der Waals surface area contributed by atoms with E-state index in [1.54, 1.807) is 48.4 Å². The van der Waals surface area contributed by atoms with Crippen LogP contribution in [0.15, 0.2) is 54.1 Å². The number of hydrogen-bond acceptors (Lipinski definition) is 6. The molecule has 0 aliphatic carbocycles. The van der Waals surface area contributed by atoms with Gasteiger partial charge in [-0.2, -0.15) is 0 Å². The van der Waals surface area contributed by atoms with Gasteiger partial charge in [-0.05, 0) is 49.6 Å². The maximum absolute atomic E-state index is 14.2. The zero-order valence-electron chi connectivity index (χ0n) is 21.0. The molecule has 2 aromatic rings. The Balaban J connectivity index is 1.93. The molecule has 2 aliphatic heterocycles. The quantitative estimate of drug-likeness (QED) is 0.234. The fraction of sp³-hybridized carbons (Fsp3) is 0.393. The summed E-state index contributed by atoms with van der Waals surface area (Å²) < 4.78 is 10.8. The first-order chi connectivity index (χ1) is 17.4. The number of anilines is 1. The predicted octanol–water partition coefficient (Wildman–Crippen LogP) is 3.84. The number of aliphatic hydroxyl groups excluding tert-OH is 1. The molecule has 1 saturated heterocycles. The maximum Gasteiger partial charge on any atom is 0.296 e. The Morgan fingerprint density at radius 2 is 1.67 bits per heavy atom. The van der Waals surface area contributed by atoms with Crippen LogP contribution in [0.25, 0.3) is 5.76 Å². The molecule has 1 N–H and O–H groups in total. The highest BCUT2D eigenvalue weighted by Crippen LogP contribution is 2.53. The molecule has 0 aromatic heterocycles. The average Bonchev–Trinajstić information content (AvgIpc) is 3.27. The molecule has 4 rings (SSSR count). The van der Waals surface area contributed by atoms with E-state index in [9.17, 15) is 19.5 Å². The number of ketones is 1. The summed E-state index contributed by atoms with van der Waals surface area (Å²) in [5.41, 5.74) is -0.466. The van der Waals surface area contributed by atoms with Gasteiger partial charge >= 0.3 is 0 Å². The number of ether oxygens (including phenoxy) is 2. The lowest BCUT2D eigenvalue weighted by molar-refractivity contribution is -0.143. The third kappa shape index (κ3) is 3.95. The molecule has 1 unspecified atom stereocenters.